The number of amides is 1. The predicted octanol–water partition coefficient (Wildman–Crippen LogP) is 1.78. The van der Waals surface area contributed by atoms with Crippen molar-refractivity contribution in [2.24, 2.45) is 5.73 Å². The molecule has 0 radical (unpaired) electrons. The summed E-state index contributed by atoms with van der Waals surface area (Å²) in [5.41, 5.74) is 5.14. The van der Waals surface area contributed by atoms with Gasteiger partial charge in [0.25, 0.3) is 0 Å². The van der Waals surface area contributed by atoms with Gasteiger partial charge in [0, 0.05) is 11.6 Å². The van der Waals surface area contributed by atoms with Gasteiger partial charge in [-0.25, -0.2) is 4.79 Å². The molecule has 0 aromatic heterocycles. The molecule has 1 fully saturated rings. The fourth-order valence-electron chi connectivity index (χ4n) is 2.10. The van der Waals surface area contributed by atoms with Crippen LogP contribution in [0.5, 0.6) is 0 Å². The van der Waals surface area contributed by atoms with Crippen LogP contribution in [0.4, 0.5) is 4.79 Å². The van der Waals surface area contributed by atoms with E-state index in [0.717, 1.165) is 25.7 Å². The van der Waals surface area contributed by atoms with Gasteiger partial charge in [-0.2, -0.15) is 0 Å². The largest absolute Gasteiger partial charge is 0.446 e. The number of carbonyl (C=O) groups is 1. The van der Waals surface area contributed by atoms with Crippen molar-refractivity contribution in [3.8, 4) is 0 Å². The lowest BCUT2D eigenvalue weighted by Gasteiger charge is -2.33. The van der Waals surface area contributed by atoms with E-state index in [1.54, 1.807) is 0 Å². The van der Waals surface area contributed by atoms with E-state index in [2.05, 4.69) is 26.1 Å². The first-order valence-electron chi connectivity index (χ1n) is 5.60. The number of hydrogen-bond donors (Lipinski definition) is 2. The van der Waals surface area contributed by atoms with Gasteiger partial charge in [-0.15, -0.1) is 0 Å². The predicted molar refractivity (Wildman–Crippen MR) is 59.6 cm³/mol. The lowest BCUT2D eigenvalue weighted by molar-refractivity contribution is 0.0729. The molecule has 0 atom stereocenters. The molecule has 1 amide bonds. The molecule has 15 heavy (non-hydrogen) atoms. The first kappa shape index (κ1) is 12.3. The molecule has 0 aromatic rings. The fourth-order valence-corrected chi connectivity index (χ4v) is 2.10. The average Bonchev–Trinajstić information content (AvgIpc) is 2.05. The van der Waals surface area contributed by atoms with Crippen LogP contribution >= 0.6 is 0 Å². The molecule has 0 spiro atoms. The summed E-state index contributed by atoms with van der Waals surface area (Å²) in [4.78, 5) is 10.6. The van der Waals surface area contributed by atoms with Gasteiger partial charge < -0.3 is 15.8 Å². The first-order chi connectivity index (χ1) is 6.87. The average molecular weight is 214 g/mol. The molecule has 1 rings (SSSR count). The van der Waals surface area contributed by atoms with Gasteiger partial charge in [-0.05, 0) is 46.5 Å². The number of nitrogens with two attached hydrogens (primary N) is 1. The van der Waals surface area contributed by atoms with E-state index in [0.29, 0.717) is 6.04 Å². The lowest BCUT2D eigenvalue weighted by Crippen LogP contribution is -2.46. The van der Waals surface area contributed by atoms with Gasteiger partial charge in [0.15, 0.2) is 0 Å². The number of hydrogen-bond acceptors (Lipinski definition) is 3. The van der Waals surface area contributed by atoms with Gasteiger partial charge >= 0.3 is 6.09 Å². The standard InChI is InChI=1S/C11H22N2O2/c1-11(2,3)13-8-4-6-9(7-5-8)15-10(12)14/h8-9,13H,4-7H2,1-3H3,(H2,12,14). The molecule has 3 N–H and O–H groups in total. The van der Waals surface area contributed by atoms with E-state index in [1.807, 2.05) is 0 Å². The van der Waals surface area contributed by atoms with Crippen molar-refractivity contribution < 1.29 is 9.53 Å². The summed E-state index contributed by atoms with van der Waals surface area (Å²) in [6.45, 7) is 6.50. The second kappa shape index (κ2) is 4.84. The fraction of sp³-hybridized carbons (Fsp3) is 0.909. The van der Waals surface area contributed by atoms with Crippen LogP contribution in [0.1, 0.15) is 46.5 Å². The maximum Gasteiger partial charge on any atom is 0.404 e. The number of ether oxygens (including phenoxy) is 1. The summed E-state index contributed by atoms with van der Waals surface area (Å²) < 4.78 is 4.98. The smallest absolute Gasteiger partial charge is 0.404 e. The molecule has 1 aliphatic carbocycles. The van der Waals surface area contributed by atoms with Crippen LogP contribution in [-0.4, -0.2) is 23.8 Å². The normalized spacial score (nSPS) is 27.4. The molecule has 1 aliphatic rings. The Hall–Kier alpha value is -0.770. The Morgan fingerprint density at radius 1 is 1.27 bits per heavy atom. The minimum Gasteiger partial charge on any atom is -0.446 e. The summed E-state index contributed by atoms with van der Waals surface area (Å²) in [6, 6.07) is 0.540. The second-order valence-electron chi connectivity index (χ2n) is 5.30. The quantitative estimate of drug-likeness (QED) is 0.736. The molecular formula is C11H22N2O2. The van der Waals surface area contributed by atoms with E-state index >= 15 is 0 Å². The molecule has 0 heterocycles. The van der Waals surface area contributed by atoms with Crippen LogP contribution in [0.3, 0.4) is 0 Å². The van der Waals surface area contributed by atoms with Crippen LogP contribution in [0.2, 0.25) is 0 Å². The molecule has 0 aromatic carbocycles. The Morgan fingerprint density at radius 2 is 1.80 bits per heavy atom. The van der Waals surface area contributed by atoms with Crippen molar-refractivity contribution in [2.45, 2.75) is 64.1 Å². The lowest BCUT2D eigenvalue weighted by atomic mass is 9.91. The summed E-state index contributed by atoms with van der Waals surface area (Å²) >= 11 is 0. The number of primary amides is 1. The van der Waals surface area contributed by atoms with Crippen LogP contribution in [0.15, 0.2) is 0 Å². The van der Waals surface area contributed by atoms with Gasteiger partial charge in [0.1, 0.15) is 6.10 Å². The molecule has 4 nitrogen and oxygen atoms in total. The maximum absolute atomic E-state index is 10.6. The Morgan fingerprint density at radius 3 is 2.20 bits per heavy atom. The highest BCUT2D eigenvalue weighted by Gasteiger charge is 2.25. The first-order valence-corrected chi connectivity index (χ1v) is 5.60. The Kier molecular flexibility index (Phi) is 3.97. The van der Waals surface area contributed by atoms with E-state index < -0.39 is 6.09 Å². The van der Waals surface area contributed by atoms with Gasteiger partial charge in [0.05, 0.1) is 0 Å². The van der Waals surface area contributed by atoms with Crippen LogP contribution in [0.25, 0.3) is 0 Å². The maximum atomic E-state index is 10.6. The number of carbonyl (C=O) groups excluding carboxylic acids is 1. The SMILES string of the molecule is CC(C)(C)NC1CCC(OC(N)=O)CC1. The van der Waals surface area contributed by atoms with Gasteiger partial charge in [-0.1, -0.05) is 0 Å². The third kappa shape index (κ3) is 5.02. The molecule has 4 heteroatoms. The highest BCUT2D eigenvalue weighted by molar-refractivity contribution is 5.64. The Labute approximate surface area is 91.5 Å². The molecule has 0 unspecified atom stereocenters. The van der Waals surface area contributed by atoms with Crippen molar-refractivity contribution in [1.82, 2.24) is 5.32 Å². The summed E-state index contributed by atoms with van der Waals surface area (Å²) in [7, 11) is 0. The third-order valence-corrected chi connectivity index (χ3v) is 2.59. The van der Waals surface area contributed by atoms with Crippen molar-refractivity contribution >= 4 is 6.09 Å². The molecule has 88 valence electrons. The Bertz CT molecular complexity index is 215. The monoisotopic (exact) mass is 214 g/mol. The van der Waals surface area contributed by atoms with Crippen molar-refractivity contribution in [3.05, 3.63) is 0 Å². The highest BCUT2D eigenvalue weighted by atomic mass is 16.6. The molecule has 0 saturated heterocycles. The molecular weight excluding hydrogens is 192 g/mol. The molecule has 0 bridgehead atoms. The summed E-state index contributed by atoms with van der Waals surface area (Å²) in [5.74, 6) is 0. The summed E-state index contributed by atoms with van der Waals surface area (Å²) in [5, 5.41) is 3.56. The van der Waals surface area contributed by atoms with Crippen molar-refractivity contribution in [2.75, 3.05) is 0 Å². The van der Waals surface area contributed by atoms with E-state index in [4.69, 9.17) is 10.5 Å². The highest BCUT2D eigenvalue weighted by Crippen LogP contribution is 2.22. The van der Waals surface area contributed by atoms with Crippen LogP contribution in [-0.2, 0) is 4.74 Å². The molecule has 0 aliphatic heterocycles. The van der Waals surface area contributed by atoms with Crippen molar-refractivity contribution in [3.63, 3.8) is 0 Å². The van der Waals surface area contributed by atoms with Crippen LogP contribution < -0.4 is 11.1 Å². The minimum absolute atomic E-state index is 0.0283. The van der Waals surface area contributed by atoms with E-state index in [9.17, 15) is 4.79 Å². The van der Waals surface area contributed by atoms with E-state index in [1.165, 1.54) is 0 Å². The zero-order valence-electron chi connectivity index (χ0n) is 9.88. The zero-order valence-corrected chi connectivity index (χ0v) is 9.88. The number of nitrogens with one attached hydrogen (secondary N) is 1. The van der Waals surface area contributed by atoms with Crippen molar-refractivity contribution in [1.29, 1.82) is 0 Å². The second-order valence-corrected chi connectivity index (χ2v) is 5.30. The third-order valence-electron chi connectivity index (χ3n) is 2.59. The molecule has 1 saturated carbocycles. The Balaban J connectivity index is 2.27. The van der Waals surface area contributed by atoms with Gasteiger partial charge in [0.2, 0.25) is 0 Å². The number of rotatable bonds is 2. The topological polar surface area (TPSA) is 64.3 Å². The summed E-state index contributed by atoms with van der Waals surface area (Å²) in [6.07, 6.45) is 3.31. The van der Waals surface area contributed by atoms with Gasteiger partial charge in [-0.3, -0.25) is 0 Å². The van der Waals surface area contributed by atoms with Crippen LogP contribution in [0, 0.1) is 0 Å². The van der Waals surface area contributed by atoms with E-state index in [-0.39, 0.29) is 11.6 Å². The zero-order chi connectivity index (χ0) is 11.5. The minimum atomic E-state index is -0.651.